The number of rotatable bonds is 2. The zero-order valence-corrected chi connectivity index (χ0v) is 11.3. The van der Waals surface area contributed by atoms with Gasteiger partial charge < -0.3 is 4.42 Å². The zero-order chi connectivity index (χ0) is 12.3. The summed E-state index contributed by atoms with van der Waals surface area (Å²) in [4.78, 5) is 11.7. The van der Waals surface area contributed by atoms with Gasteiger partial charge in [0.1, 0.15) is 0 Å². The number of carbonyl (C=O) groups is 1. The molecule has 0 radical (unpaired) electrons. The van der Waals surface area contributed by atoms with Crippen LogP contribution < -0.4 is 5.43 Å². The van der Waals surface area contributed by atoms with Gasteiger partial charge in [0, 0.05) is 5.71 Å². The molecular weight excluding hydrogens is 284 g/mol. The second kappa shape index (κ2) is 5.49. The van der Waals surface area contributed by atoms with E-state index in [0.717, 1.165) is 25.0 Å². The highest BCUT2D eigenvalue weighted by molar-refractivity contribution is 9.10. The normalized spacial score (nSPS) is 22.7. The number of hydrogen-bond donors (Lipinski definition) is 1. The molecule has 2 rings (SSSR count). The molecule has 0 bridgehead atoms. The van der Waals surface area contributed by atoms with Gasteiger partial charge in [-0.1, -0.05) is 13.3 Å². The Hall–Kier alpha value is -1.10. The highest BCUT2D eigenvalue weighted by Gasteiger charge is 2.17. The molecule has 0 spiro atoms. The van der Waals surface area contributed by atoms with Crippen LogP contribution in [0.2, 0.25) is 0 Å². The van der Waals surface area contributed by atoms with Gasteiger partial charge in [-0.2, -0.15) is 5.10 Å². The third-order valence-electron chi connectivity index (χ3n) is 2.99. The summed E-state index contributed by atoms with van der Waals surface area (Å²) in [5, 5.41) is 4.19. The molecule has 0 saturated heterocycles. The predicted molar refractivity (Wildman–Crippen MR) is 68.9 cm³/mol. The van der Waals surface area contributed by atoms with E-state index in [1.54, 1.807) is 12.1 Å². The van der Waals surface area contributed by atoms with E-state index in [4.69, 9.17) is 4.42 Å². The third kappa shape index (κ3) is 3.19. The maximum Gasteiger partial charge on any atom is 0.307 e. The van der Waals surface area contributed by atoms with Crippen LogP contribution in [0.25, 0.3) is 0 Å². The predicted octanol–water partition coefficient (Wildman–Crippen LogP) is 3.34. The Morgan fingerprint density at radius 2 is 2.35 bits per heavy atom. The largest absolute Gasteiger partial charge is 0.444 e. The summed E-state index contributed by atoms with van der Waals surface area (Å²) in [5.74, 6) is 0.429. The maximum absolute atomic E-state index is 11.7. The summed E-state index contributed by atoms with van der Waals surface area (Å²) < 4.78 is 5.69. The maximum atomic E-state index is 11.7. The number of nitrogens with zero attached hydrogens (tertiary/aromatic N) is 1. The number of amides is 1. The minimum absolute atomic E-state index is 0.268. The molecule has 0 aromatic carbocycles. The van der Waals surface area contributed by atoms with Crippen molar-refractivity contribution < 1.29 is 9.21 Å². The van der Waals surface area contributed by atoms with E-state index in [1.807, 2.05) is 0 Å². The molecule has 1 aliphatic carbocycles. The molecule has 1 aliphatic rings. The molecule has 92 valence electrons. The van der Waals surface area contributed by atoms with Crippen LogP contribution in [-0.2, 0) is 0 Å². The summed E-state index contributed by atoms with van der Waals surface area (Å²) in [6, 6.07) is 3.30. The van der Waals surface area contributed by atoms with Crippen LogP contribution in [0.3, 0.4) is 0 Å². The van der Waals surface area contributed by atoms with E-state index < -0.39 is 0 Å². The lowest BCUT2D eigenvalue weighted by Crippen LogP contribution is -2.24. The van der Waals surface area contributed by atoms with Crippen molar-refractivity contribution in [2.24, 2.45) is 11.0 Å². The lowest BCUT2D eigenvalue weighted by Gasteiger charge is -2.19. The number of nitrogens with one attached hydrogen (secondary N) is 1. The van der Waals surface area contributed by atoms with Gasteiger partial charge in [0.15, 0.2) is 10.4 Å². The number of halogens is 1. The second-order valence-electron chi connectivity index (χ2n) is 4.29. The fourth-order valence-corrected chi connectivity index (χ4v) is 2.26. The van der Waals surface area contributed by atoms with E-state index in [0.29, 0.717) is 10.6 Å². The van der Waals surface area contributed by atoms with E-state index >= 15 is 0 Å². The Labute approximate surface area is 109 Å². The smallest absolute Gasteiger partial charge is 0.307 e. The monoisotopic (exact) mass is 298 g/mol. The van der Waals surface area contributed by atoms with Gasteiger partial charge in [-0.05, 0) is 53.2 Å². The number of furan rings is 1. The van der Waals surface area contributed by atoms with Crippen molar-refractivity contribution in [1.82, 2.24) is 5.43 Å². The minimum Gasteiger partial charge on any atom is -0.444 e. The van der Waals surface area contributed by atoms with Gasteiger partial charge in [0.05, 0.1) is 0 Å². The molecule has 4 nitrogen and oxygen atoms in total. The van der Waals surface area contributed by atoms with Gasteiger partial charge in [0.25, 0.3) is 0 Å². The van der Waals surface area contributed by atoms with Crippen molar-refractivity contribution >= 4 is 27.5 Å². The molecule has 1 atom stereocenters. The Morgan fingerprint density at radius 1 is 1.53 bits per heavy atom. The number of hydrogen-bond acceptors (Lipinski definition) is 3. The molecule has 1 aromatic rings. The van der Waals surface area contributed by atoms with Crippen LogP contribution in [0.5, 0.6) is 0 Å². The van der Waals surface area contributed by atoms with Crippen molar-refractivity contribution in [2.45, 2.75) is 32.6 Å². The first-order valence-electron chi connectivity index (χ1n) is 5.79. The van der Waals surface area contributed by atoms with E-state index in [-0.39, 0.29) is 11.7 Å². The molecular formula is C12H15BrN2O2. The molecule has 0 unspecified atom stereocenters. The molecule has 1 amide bonds. The van der Waals surface area contributed by atoms with Crippen LogP contribution in [0.1, 0.15) is 43.2 Å². The van der Waals surface area contributed by atoms with Crippen molar-refractivity contribution in [3.05, 3.63) is 22.6 Å². The minimum atomic E-state index is -0.305. The average molecular weight is 299 g/mol. The first-order valence-corrected chi connectivity index (χ1v) is 6.58. The molecule has 0 aliphatic heterocycles. The van der Waals surface area contributed by atoms with E-state index in [9.17, 15) is 4.79 Å². The summed E-state index contributed by atoms with van der Waals surface area (Å²) in [6.45, 7) is 2.15. The molecule has 1 saturated carbocycles. The fourth-order valence-electron chi connectivity index (χ4n) is 1.95. The van der Waals surface area contributed by atoms with Crippen molar-refractivity contribution in [3.63, 3.8) is 0 Å². The number of carbonyl (C=O) groups excluding carboxylic acids is 1. The van der Waals surface area contributed by atoms with Crippen molar-refractivity contribution in [1.29, 1.82) is 0 Å². The highest BCUT2D eigenvalue weighted by atomic mass is 79.9. The highest BCUT2D eigenvalue weighted by Crippen LogP contribution is 2.20. The molecule has 1 aromatic heterocycles. The van der Waals surface area contributed by atoms with E-state index in [1.165, 1.54) is 6.42 Å². The first-order chi connectivity index (χ1) is 8.16. The topological polar surface area (TPSA) is 54.6 Å². The SMILES string of the molecule is C[C@@H]1CCCC/C1=N\NC(=O)c1ccc(Br)o1. The molecule has 17 heavy (non-hydrogen) atoms. The lowest BCUT2D eigenvalue weighted by molar-refractivity contribution is 0.0925. The first kappa shape index (κ1) is 12.4. The summed E-state index contributed by atoms with van der Waals surface area (Å²) in [7, 11) is 0. The summed E-state index contributed by atoms with van der Waals surface area (Å²) >= 11 is 3.16. The van der Waals surface area contributed by atoms with Crippen LogP contribution in [0, 0.1) is 5.92 Å². The quantitative estimate of drug-likeness (QED) is 0.852. The lowest BCUT2D eigenvalue weighted by atomic mass is 9.89. The van der Waals surface area contributed by atoms with Gasteiger partial charge in [0.2, 0.25) is 0 Å². The molecule has 1 fully saturated rings. The third-order valence-corrected chi connectivity index (χ3v) is 3.41. The summed E-state index contributed by atoms with van der Waals surface area (Å²) in [6.07, 6.45) is 4.54. The zero-order valence-electron chi connectivity index (χ0n) is 9.70. The molecule has 5 heteroatoms. The van der Waals surface area contributed by atoms with Crippen LogP contribution in [-0.4, -0.2) is 11.6 Å². The Morgan fingerprint density at radius 3 is 3.00 bits per heavy atom. The van der Waals surface area contributed by atoms with Gasteiger partial charge in [-0.25, -0.2) is 5.43 Å². The number of hydrazone groups is 1. The Kier molecular flexibility index (Phi) is 3.99. The molecule has 1 heterocycles. The summed E-state index contributed by atoms with van der Waals surface area (Å²) in [5.41, 5.74) is 3.63. The Balaban J connectivity index is 1.97. The van der Waals surface area contributed by atoms with Gasteiger partial charge >= 0.3 is 5.91 Å². The standard InChI is InChI=1S/C12H15BrN2O2/c1-8-4-2-3-5-9(8)14-15-12(16)10-6-7-11(13)17-10/h6-8H,2-5H2,1H3,(H,15,16)/b14-9+/t8-/m1/s1. The average Bonchev–Trinajstić information content (AvgIpc) is 2.74. The van der Waals surface area contributed by atoms with Gasteiger partial charge in [-0.3, -0.25) is 4.79 Å². The molecule has 1 N–H and O–H groups in total. The fraction of sp³-hybridized carbons (Fsp3) is 0.500. The van der Waals surface area contributed by atoms with Crippen LogP contribution in [0.4, 0.5) is 0 Å². The van der Waals surface area contributed by atoms with E-state index in [2.05, 4.69) is 33.4 Å². The Bertz CT molecular complexity index is 439. The van der Waals surface area contributed by atoms with Crippen LogP contribution in [0.15, 0.2) is 26.3 Å². The van der Waals surface area contributed by atoms with Crippen molar-refractivity contribution in [3.8, 4) is 0 Å². The van der Waals surface area contributed by atoms with Gasteiger partial charge in [-0.15, -0.1) is 0 Å². The second-order valence-corrected chi connectivity index (χ2v) is 5.08. The van der Waals surface area contributed by atoms with Crippen LogP contribution >= 0.6 is 15.9 Å². The van der Waals surface area contributed by atoms with Crippen molar-refractivity contribution in [2.75, 3.05) is 0 Å².